The molecule has 0 aliphatic rings. The lowest BCUT2D eigenvalue weighted by atomic mass is 10.2. The molecule has 0 saturated carbocycles. The van der Waals surface area contributed by atoms with E-state index in [1.165, 1.54) is 18.5 Å². The van der Waals surface area contributed by atoms with Gasteiger partial charge in [-0.1, -0.05) is 0 Å². The molecule has 6 heteroatoms. The van der Waals surface area contributed by atoms with Crippen molar-refractivity contribution >= 4 is 33.1 Å². The number of nitrogens with zero attached hydrogens (tertiary/aromatic N) is 2. The molecule has 0 radical (unpaired) electrons. The molecule has 0 unspecified atom stereocenters. The van der Waals surface area contributed by atoms with Crippen molar-refractivity contribution in [3.05, 3.63) is 41.3 Å². The Morgan fingerprint density at radius 2 is 2.19 bits per heavy atom. The zero-order valence-corrected chi connectivity index (χ0v) is 12.5. The molecule has 21 heavy (non-hydrogen) atoms. The van der Waals surface area contributed by atoms with Gasteiger partial charge >= 0.3 is 0 Å². The number of nitrogens with one attached hydrogen (secondary N) is 1. The third kappa shape index (κ3) is 2.67. The van der Waals surface area contributed by atoms with E-state index in [1.807, 2.05) is 19.2 Å². The first-order valence-electron chi connectivity index (χ1n) is 6.57. The fraction of sp³-hybridized carbons (Fsp3) is 0.200. The lowest BCUT2D eigenvalue weighted by Gasteiger charge is -2.12. The third-order valence-electron chi connectivity index (χ3n) is 3.05. The highest BCUT2D eigenvalue weighted by molar-refractivity contribution is 7.17. The van der Waals surface area contributed by atoms with Gasteiger partial charge in [-0.05, 0) is 36.9 Å². The molecule has 2 heterocycles. The molecule has 4 nitrogen and oxygen atoms in total. The quantitative estimate of drug-likeness (QED) is 0.781. The van der Waals surface area contributed by atoms with E-state index in [0.717, 1.165) is 15.8 Å². The third-order valence-corrected chi connectivity index (χ3v) is 4.05. The Morgan fingerprint density at radius 1 is 1.33 bits per heavy atom. The van der Waals surface area contributed by atoms with Crippen molar-refractivity contribution in [2.24, 2.45) is 0 Å². The molecular formula is C15H14FN3OS. The van der Waals surface area contributed by atoms with Gasteiger partial charge in [0.05, 0.1) is 17.7 Å². The first-order valence-corrected chi connectivity index (χ1v) is 7.45. The summed E-state index contributed by atoms with van der Waals surface area (Å²) < 4.78 is 19.0. The molecule has 0 saturated heterocycles. The number of halogens is 1. The topological polar surface area (TPSA) is 47.0 Å². The molecule has 108 valence electrons. The SMILES string of the molecule is CCOc1ccc(F)cc1Nc1ncnc2scc(C)c12. The van der Waals surface area contributed by atoms with Gasteiger partial charge in [0.25, 0.3) is 0 Å². The van der Waals surface area contributed by atoms with Gasteiger partial charge in [0.2, 0.25) is 0 Å². The summed E-state index contributed by atoms with van der Waals surface area (Å²) >= 11 is 1.56. The van der Waals surface area contributed by atoms with Crippen molar-refractivity contribution in [1.82, 2.24) is 9.97 Å². The minimum atomic E-state index is -0.326. The number of ether oxygens (including phenoxy) is 1. The largest absolute Gasteiger partial charge is 0.492 e. The summed E-state index contributed by atoms with van der Waals surface area (Å²) in [6.45, 7) is 4.40. The van der Waals surface area contributed by atoms with Crippen molar-refractivity contribution in [1.29, 1.82) is 0 Å². The van der Waals surface area contributed by atoms with E-state index < -0.39 is 0 Å². The summed E-state index contributed by atoms with van der Waals surface area (Å²) in [6, 6.07) is 4.39. The van der Waals surface area contributed by atoms with Crippen LogP contribution in [0.25, 0.3) is 10.2 Å². The number of aryl methyl sites for hydroxylation is 1. The van der Waals surface area contributed by atoms with E-state index in [1.54, 1.807) is 17.4 Å². The van der Waals surface area contributed by atoms with Crippen LogP contribution in [0.4, 0.5) is 15.9 Å². The van der Waals surface area contributed by atoms with Crippen LogP contribution >= 0.6 is 11.3 Å². The van der Waals surface area contributed by atoms with Gasteiger partial charge in [-0.15, -0.1) is 11.3 Å². The van der Waals surface area contributed by atoms with Gasteiger partial charge in [0.15, 0.2) is 0 Å². The molecule has 0 atom stereocenters. The van der Waals surface area contributed by atoms with E-state index in [4.69, 9.17) is 4.74 Å². The molecule has 0 aliphatic heterocycles. The van der Waals surface area contributed by atoms with Gasteiger partial charge in [-0.2, -0.15) is 0 Å². The van der Waals surface area contributed by atoms with E-state index in [-0.39, 0.29) is 5.82 Å². The van der Waals surface area contributed by atoms with Crippen LogP contribution in [0.3, 0.4) is 0 Å². The molecule has 0 fully saturated rings. The maximum absolute atomic E-state index is 13.5. The molecule has 0 aliphatic carbocycles. The fourth-order valence-corrected chi connectivity index (χ4v) is 3.01. The van der Waals surface area contributed by atoms with E-state index in [2.05, 4.69) is 15.3 Å². The Bertz CT molecular complexity index is 788. The Labute approximate surface area is 125 Å². The predicted octanol–water partition coefficient (Wildman–Crippen LogP) is 4.28. The Balaban J connectivity index is 2.06. The highest BCUT2D eigenvalue weighted by atomic mass is 32.1. The Kier molecular flexibility index (Phi) is 3.70. The summed E-state index contributed by atoms with van der Waals surface area (Å²) in [5.41, 5.74) is 1.65. The van der Waals surface area contributed by atoms with Crippen molar-refractivity contribution in [3.8, 4) is 5.75 Å². The van der Waals surface area contributed by atoms with Crippen LogP contribution < -0.4 is 10.1 Å². The van der Waals surface area contributed by atoms with Crippen LogP contribution in [0.5, 0.6) is 5.75 Å². The minimum Gasteiger partial charge on any atom is -0.492 e. The van der Waals surface area contributed by atoms with E-state index >= 15 is 0 Å². The van der Waals surface area contributed by atoms with Gasteiger partial charge in [0.1, 0.15) is 28.5 Å². The van der Waals surface area contributed by atoms with E-state index in [9.17, 15) is 4.39 Å². The lowest BCUT2D eigenvalue weighted by Crippen LogP contribution is -2.00. The number of rotatable bonds is 4. The van der Waals surface area contributed by atoms with Gasteiger partial charge < -0.3 is 10.1 Å². The zero-order chi connectivity index (χ0) is 14.8. The molecule has 1 N–H and O–H groups in total. The second-order valence-electron chi connectivity index (χ2n) is 4.52. The number of thiophene rings is 1. The first-order chi connectivity index (χ1) is 10.2. The zero-order valence-electron chi connectivity index (χ0n) is 11.7. The molecular weight excluding hydrogens is 289 g/mol. The monoisotopic (exact) mass is 303 g/mol. The molecule has 3 rings (SSSR count). The van der Waals surface area contributed by atoms with Crippen molar-refractivity contribution in [3.63, 3.8) is 0 Å². The maximum atomic E-state index is 13.5. The van der Waals surface area contributed by atoms with Crippen LogP contribution in [0, 0.1) is 12.7 Å². The second-order valence-corrected chi connectivity index (χ2v) is 5.38. The molecule has 1 aromatic carbocycles. The van der Waals surface area contributed by atoms with Crippen molar-refractivity contribution in [2.75, 3.05) is 11.9 Å². The second kappa shape index (κ2) is 5.65. The number of hydrogen-bond donors (Lipinski definition) is 1. The molecule has 0 amide bonds. The number of anilines is 2. The predicted molar refractivity (Wildman–Crippen MR) is 83.0 cm³/mol. The van der Waals surface area contributed by atoms with Crippen LogP contribution in [-0.4, -0.2) is 16.6 Å². The molecule has 0 spiro atoms. The fourth-order valence-electron chi connectivity index (χ4n) is 2.12. The average Bonchev–Trinajstić information content (AvgIpc) is 2.85. The van der Waals surface area contributed by atoms with Gasteiger partial charge in [-0.3, -0.25) is 0 Å². The normalized spacial score (nSPS) is 10.8. The Morgan fingerprint density at radius 3 is 3.00 bits per heavy atom. The first kappa shape index (κ1) is 13.8. The van der Waals surface area contributed by atoms with Gasteiger partial charge in [-0.25, -0.2) is 14.4 Å². The Hall–Kier alpha value is -2.21. The summed E-state index contributed by atoms with van der Waals surface area (Å²) in [4.78, 5) is 9.42. The van der Waals surface area contributed by atoms with Crippen LogP contribution in [-0.2, 0) is 0 Å². The summed E-state index contributed by atoms with van der Waals surface area (Å²) in [5, 5.41) is 6.14. The van der Waals surface area contributed by atoms with E-state index in [0.29, 0.717) is 23.9 Å². The highest BCUT2D eigenvalue weighted by Gasteiger charge is 2.12. The standard InChI is InChI=1S/C15H14FN3OS/c1-3-20-12-5-4-10(16)6-11(12)19-14-13-9(2)7-21-15(13)18-8-17-14/h4-8H,3H2,1-2H3,(H,17,18,19). The van der Waals surface area contributed by atoms with Crippen LogP contribution in [0.2, 0.25) is 0 Å². The number of fused-ring (bicyclic) bond motifs is 1. The summed E-state index contributed by atoms with van der Waals surface area (Å²) in [5.74, 6) is 0.928. The number of benzene rings is 1. The molecule has 2 aromatic heterocycles. The summed E-state index contributed by atoms with van der Waals surface area (Å²) in [7, 11) is 0. The smallest absolute Gasteiger partial charge is 0.142 e. The summed E-state index contributed by atoms with van der Waals surface area (Å²) in [6.07, 6.45) is 1.50. The molecule has 0 bridgehead atoms. The van der Waals surface area contributed by atoms with Gasteiger partial charge in [0, 0.05) is 6.07 Å². The highest BCUT2D eigenvalue weighted by Crippen LogP contribution is 2.33. The average molecular weight is 303 g/mol. The number of hydrogen-bond acceptors (Lipinski definition) is 5. The minimum absolute atomic E-state index is 0.326. The number of aromatic nitrogens is 2. The molecule has 3 aromatic rings. The van der Waals surface area contributed by atoms with Crippen molar-refractivity contribution < 1.29 is 9.13 Å². The van der Waals surface area contributed by atoms with Crippen molar-refractivity contribution in [2.45, 2.75) is 13.8 Å². The maximum Gasteiger partial charge on any atom is 0.142 e. The van der Waals surface area contributed by atoms with Crippen LogP contribution in [0.1, 0.15) is 12.5 Å². The van der Waals surface area contributed by atoms with Crippen LogP contribution in [0.15, 0.2) is 29.9 Å². The lowest BCUT2D eigenvalue weighted by molar-refractivity contribution is 0.341.